The van der Waals surface area contributed by atoms with Crippen molar-refractivity contribution in [1.82, 2.24) is 0 Å². The van der Waals surface area contributed by atoms with Crippen LogP contribution < -0.4 is 0 Å². The predicted molar refractivity (Wildman–Crippen MR) is 56.7 cm³/mol. The average Bonchev–Trinajstić information content (AvgIpc) is 2.09. The first-order chi connectivity index (χ1) is 5.84. The normalized spacial score (nSPS) is 9.75. The average molecular weight is 178 g/mol. The number of hydrogen-bond donors (Lipinski definition) is 0. The minimum Gasteiger partial charge on any atom is -0.126 e. The predicted octanol–water partition coefficient (Wildman–Crippen LogP) is 3.66. The third-order valence-corrected chi connectivity index (χ3v) is 2.88. The van der Waals surface area contributed by atoms with E-state index in [9.17, 15) is 0 Å². The van der Waals surface area contributed by atoms with Crippen LogP contribution in [0.15, 0.2) is 41.8 Å². The molecule has 0 aliphatic rings. The molecule has 0 saturated carbocycles. The van der Waals surface area contributed by atoms with E-state index in [-0.39, 0.29) is 0 Å². The van der Waals surface area contributed by atoms with Crippen molar-refractivity contribution in [3.8, 4) is 0 Å². The molecule has 0 aliphatic carbocycles. The molecule has 0 aromatic heterocycles. The van der Waals surface area contributed by atoms with Gasteiger partial charge in [-0.1, -0.05) is 24.3 Å². The van der Waals surface area contributed by atoms with Crippen LogP contribution in [0.25, 0.3) is 0 Å². The van der Waals surface area contributed by atoms with Crippen molar-refractivity contribution in [2.24, 2.45) is 0 Å². The molecule has 0 saturated heterocycles. The lowest BCUT2D eigenvalue weighted by molar-refractivity contribution is 1.23. The molecule has 0 fully saturated rings. The summed E-state index contributed by atoms with van der Waals surface area (Å²) >= 11 is 1.90. The van der Waals surface area contributed by atoms with E-state index in [1.807, 2.05) is 17.8 Å². The third-order valence-electron chi connectivity index (χ3n) is 1.67. The highest BCUT2D eigenvalue weighted by molar-refractivity contribution is 7.99. The SMILES string of the molecule is C=CCCSc1ccccc1C. The summed E-state index contributed by atoms with van der Waals surface area (Å²) in [5.41, 5.74) is 1.37. The summed E-state index contributed by atoms with van der Waals surface area (Å²) < 4.78 is 0. The fourth-order valence-electron chi connectivity index (χ4n) is 0.971. The van der Waals surface area contributed by atoms with Crippen molar-refractivity contribution in [1.29, 1.82) is 0 Å². The Bertz CT molecular complexity index is 253. The Morgan fingerprint density at radius 2 is 2.17 bits per heavy atom. The second-order valence-corrected chi connectivity index (χ2v) is 3.83. The van der Waals surface area contributed by atoms with E-state index in [0.29, 0.717) is 0 Å². The van der Waals surface area contributed by atoms with Gasteiger partial charge in [0, 0.05) is 10.6 Å². The summed E-state index contributed by atoms with van der Waals surface area (Å²) in [4.78, 5) is 1.39. The molecule has 1 rings (SSSR count). The van der Waals surface area contributed by atoms with Gasteiger partial charge in [-0.15, -0.1) is 18.3 Å². The first-order valence-electron chi connectivity index (χ1n) is 4.14. The van der Waals surface area contributed by atoms with Crippen molar-refractivity contribution < 1.29 is 0 Å². The number of aryl methyl sites for hydroxylation is 1. The monoisotopic (exact) mass is 178 g/mol. The second-order valence-electron chi connectivity index (χ2n) is 2.69. The topological polar surface area (TPSA) is 0 Å². The zero-order valence-electron chi connectivity index (χ0n) is 7.42. The fraction of sp³-hybridized carbons (Fsp3) is 0.273. The molecule has 1 aromatic carbocycles. The Hall–Kier alpha value is -0.690. The molecule has 0 radical (unpaired) electrons. The molecule has 0 unspecified atom stereocenters. The Labute approximate surface area is 78.7 Å². The van der Waals surface area contributed by atoms with Crippen LogP contribution >= 0.6 is 11.8 Å². The molecule has 0 spiro atoms. The van der Waals surface area contributed by atoms with Crippen LogP contribution in [0, 0.1) is 6.92 Å². The molecular formula is C11H14S. The molecule has 0 amide bonds. The maximum Gasteiger partial charge on any atom is 0.0101 e. The van der Waals surface area contributed by atoms with E-state index in [1.165, 1.54) is 10.5 Å². The van der Waals surface area contributed by atoms with Gasteiger partial charge in [0.15, 0.2) is 0 Å². The highest BCUT2D eigenvalue weighted by atomic mass is 32.2. The summed E-state index contributed by atoms with van der Waals surface area (Å²) in [5, 5.41) is 0. The van der Waals surface area contributed by atoms with E-state index in [4.69, 9.17) is 0 Å². The van der Waals surface area contributed by atoms with Crippen LogP contribution in [-0.4, -0.2) is 5.75 Å². The Morgan fingerprint density at radius 3 is 2.83 bits per heavy atom. The summed E-state index contributed by atoms with van der Waals surface area (Å²) in [6.07, 6.45) is 3.05. The lowest BCUT2D eigenvalue weighted by Gasteiger charge is -2.02. The van der Waals surface area contributed by atoms with Gasteiger partial charge in [-0.05, 0) is 25.0 Å². The number of allylic oxidation sites excluding steroid dienone is 1. The van der Waals surface area contributed by atoms with Crippen LogP contribution in [0.1, 0.15) is 12.0 Å². The molecule has 0 heterocycles. The molecule has 0 atom stereocenters. The number of rotatable bonds is 4. The lowest BCUT2D eigenvalue weighted by Crippen LogP contribution is -1.80. The van der Waals surface area contributed by atoms with Gasteiger partial charge in [0.1, 0.15) is 0 Å². The van der Waals surface area contributed by atoms with Gasteiger partial charge < -0.3 is 0 Å². The minimum atomic E-state index is 1.08. The van der Waals surface area contributed by atoms with Gasteiger partial charge in [-0.25, -0.2) is 0 Å². The fourth-order valence-corrected chi connectivity index (χ4v) is 1.95. The van der Waals surface area contributed by atoms with Crippen LogP contribution in [0.3, 0.4) is 0 Å². The summed E-state index contributed by atoms with van der Waals surface area (Å²) in [5.74, 6) is 1.13. The maximum absolute atomic E-state index is 3.70. The summed E-state index contributed by atoms with van der Waals surface area (Å²) in [6, 6.07) is 8.48. The van der Waals surface area contributed by atoms with E-state index in [2.05, 4.69) is 37.8 Å². The molecule has 0 bridgehead atoms. The van der Waals surface area contributed by atoms with Gasteiger partial charge in [-0.2, -0.15) is 0 Å². The van der Waals surface area contributed by atoms with E-state index < -0.39 is 0 Å². The van der Waals surface area contributed by atoms with Crippen molar-refractivity contribution >= 4 is 11.8 Å². The van der Waals surface area contributed by atoms with Crippen molar-refractivity contribution in [3.05, 3.63) is 42.5 Å². The van der Waals surface area contributed by atoms with Crippen LogP contribution in [0.4, 0.5) is 0 Å². The Balaban J connectivity index is 2.51. The van der Waals surface area contributed by atoms with E-state index in [0.717, 1.165) is 12.2 Å². The second kappa shape index (κ2) is 5.04. The minimum absolute atomic E-state index is 1.08. The van der Waals surface area contributed by atoms with Crippen molar-refractivity contribution in [3.63, 3.8) is 0 Å². The smallest absolute Gasteiger partial charge is 0.0101 e. The molecular weight excluding hydrogens is 164 g/mol. The van der Waals surface area contributed by atoms with Gasteiger partial charge in [0.05, 0.1) is 0 Å². The van der Waals surface area contributed by atoms with Crippen LogP contribution in [0.5, 0.6) is 0 Å². The van der Waals surface area contributed by atoms with Gasteiger partial charge >= 0.3 is 0 Å². The lowest BCUT2D eigenvalue weighted by atomic mass is 10.2. The largest absolute Gasteiger partial charge is 0.126 e. The zero-order valence-corrected chi connectivity index (χ0v) is 8.23. The molecule has 64 valence electrons. The first kappa shape index (κ1) is 9.40. The summed E-state index contributed by atoms with van der Waals surface area (Å²) in [7, 11) is 0. The Morgan fingerprint density at radius 1 is 1.42 bits per heavy atom. The molecule has 0 nitrogen and oxygen atoms in total. The van der Waals surface area contributed by atoms with Crippen LogP contribution in [-0.2, 0) is 0 Å². The molecule has 1 heteroatoms. The van der Waals surface area contributed by atoms with E-state index in [1.54, 1.807) is 0 Å². The zero-order chi connectivity index (χ0) is 8.81. The maximum atomic E-state index is 3.70. The van der Waals surface area contributed by atoms with Crippen molar-refractivity contribution in [2.45, 2.75) is 18.2 Å². The molecule has 1 aromatic rings. The highest BCUT2D eigenvalue weighted by Gasteiger charge is 1.95. The first-order valence-corrected chi connectivity index (χ1v) is 5.12. The van der Waals surface area contributed by atoms with E-state index >= 15 is 0 Å². The Kier molecular flexibility index (Phi) is 3.95. The number of benzene rings is 1. The van der Waals surface area contributed by atoms with Crippen LogP contribution in [0.2, 0.25) is 0 Å². The van der Waals surface area contributed by atoms with Gasteiger partial charge in [-0.3, -0.25) is 0 Å². The third kappa shape index (κ3) is 2.74. The quantitative estimate of drug-likeness (QED) is 0.385. The number of thioether (sulfide) groups is 1. The van der Waals surface area contributed by atoms with Gasteiger partial charge in [0.25, 0.3) is 0 Å². The summed E-state index contributed by atoms with van der Waals surface area (Å²) in [6.45, 7) is 5.85. The standard InChI is InChI=1S/C11H14S/c1-3-4-9-12-11-8-6-5-7-10(11)2/h3,5-8H,1,4,9H2,2H3. The highest BCUT2D eigenvalue weighted by Crippen LogP contribution is 2.22. The molecule has 0 aliphatic heterocycles. The molecule has 12 heavy (non-hydrogen) atoms. The molecule has 0 N–H and O–H groups in total. The van der Waals surface area contributed by atoms with Gasteiger partial charge in [0.2, 0.25) is 0 Å². The number of hydrogen-bond acceptors (Lipinski definition) is 1. The van der Waals surface area contributed by atoms with Crippen molar-refractivity contribution in [2.75, 3.05) is 5.75 Å².